The van der Waals surface area contributed by atoms with E-state index in [9.17, 15) is 9.90 Å². The molecule has 1 aliphatic rings. The van der Waals surface area contributed by atoms with Crippen molar-refractivity contribution >= 4 is 27.5 Å². The summed E-state index contributed by atoms with van der Waals surface area (Å²) in [5.41, 5.74) is 10.6. The number of anilines is 1. The van der Waals surface area contributed by atoms with Gasteiger partial charge >= 0.3 is 0 Å². The molecule has 1 aliphatic heterocycles. The number of halogens is 1. The normalized spacial score (nSPS) is 13.2. The summed E-state index contributed by atoms with van der Waals surface area (Å²) in [6.45, 7) is 2.42. The Morgan fingerprint density at radius 3 is 2.80 bits per heavy atom. The van der Waals surface area contributed by atoms with E-state index in [-0.39, 0.29) is 11.7 Å². The third kappa shape index (κ3) is 1.86. The molecule has 5 heteroatoms. The predicted octanol–water partition coefficient (Wildman–Crippen LogP) is 2.96. The fourth-order valence-electron chi connectivity index (χ4n) is 2.52. The predicted molar refractivity (Wildman–Crippen MR) is 81.6 cm³/mol. The van der Waals surface area contributed by atoms with Gasteiger partial charge in [-0.25, -0.2) is 0 Å². The van der Waals surface area contributed by atoms with Crippen LogP contribution in [0.1, 0.15) is 21.5 Å². The van der Waals surface area contributed by atoms with Crippen molar-refractivity contribution in [2.75, 3.05) is 5.73 Å². The Bertz CT molecular complexity index is 741. The average molecular weight is 333 g/mol. The third-order valence-corrected chi connectivity index (χ3v) is 4.29. The molecule has 1 amide bonds. The molecular formula is C15H13BrN2O2. The number of fused-ring (bicyclic) bond motifs is 1. The zero-order valence-corrected chi connectivity index (χ0v) is 12.4. The number of carbonyl (C=O) groups is 1. The maximum atomic E-state index is 11.9. The first-order valence-corrected chi connectivity index (χ1v) is 6.97. The van der Waals surface area contributed by atoms with Crippen LogP contribution in [0.3, 0.4) is 0 Å². The maximum Gasteiger partial charge on any atom is 0.254 e. The summed E-state index contributed by atoms with van der Waals surface area (Å²) in [5, 5.41) is 12.4. The number of aromatic hydroxyl groups is 1. The quantitative estimate of drug-likeness (QED) is 0.703. The fourth-order valence-corrected chi connectivity index (χ4v) is 3.09. The SMILES string of the molecule is Cc1ccc(O)cc1-c1cc(Br)c2c(c1N)C(=O)NC2. The van der Waals surface area contributed by atoms with Gasteiger partial charge in [-0.05, 0) is 36.2 Å². The molecule has 102 valence electrons. The molecule has 4 N–H and O–H groups in total. The van der Waals surface area contributed by atoms with Crippen LogP contribution in [0, 0.1) is 6.92 Å². The van der Waals surface area contributed by atoms with Crippen molar-refractivity contribution in [2.24, 2.45) is 0 Å². The number of carbonyl (C=O) groups excluding carboxylic acids is 1. The molecule has 0 aliphatic carbocycles. The molecular weight excluding hydrogens is 320 g/mol. The highest BCUT2D eigenvalue weighted by molar-refractivity contribution is 9.10. The van der Waals surface area contributed by atoms with Gasteiger partial charge in [-0.2, -0.15) is 0 Å². The van der Waals surface area contributed by atoms with Crippen molar-refractivity contribution in [1.82, 2.24) is 5.32 Å². The van der Waals surface area contributed by atoms with Gasteiger partial charge in [0, 0.05) is 22.1 Å². The first-order chi connectivity index (χ1) is 9.49. The lowest BCUT2D eigenvalue weighted by atomic mass is 9.94. The van der Waals surface area contributed by atoms with E-state index in [1.807, 2.05) is 19.1 Å². The molecule has 0 saturated heterocycles. The standard InChI is InChI=1S/C15H13BrN2O2/c1-7-2-3-8(19)4-9(7)10-5-12(16)11-6-18-15(20)13(11)14(10)17/h2-5,19H,6,17H2,1H3,(H,18,20). The topological polar surface area (TPSA) is 75.3 Å². The van der Waals surface area contributed by atoms with E-state index < -0.39 is 0 Å². The molecule has 20 heavy (non-hydrogen) atoms. The summed E-state index contributed by atoms with van der Waals surface area (Å²) < 4.78 is 0.845. The molecule has 0 atom stereocenters. The van der Waals surface area contributed by atoms with E-state index in [2.05, 4.69) is 21.2 Å². The molecule has 0 fully saturated rings. The molecule has 0 aromatic heterocycles. The number of aryl methyl sites for hydroxylation is 1. The number of amides is 1. The lowest BCUT2D eigenvalue weighted by Crippen LogP contribution is -2.13. The Morgan fingerprint density at radius 2 is 2.05 bits per heavy atom. The van der Waals surface area contributed by atoms with Crippen LogP contribution in [0.2, 0.25) is 0 Å². The van der Waals surface area contributed by atoms with Crippen molar-refractivity contribution in [3.05, 3.63) is 45.4 Å². The Morgan fingerprint density at radius 1 is 1.30 bits per heavy atom. The number of phenols is 1. The van der Waals surface area contributed by atoms with E-state index in [1.54, 1.807) is 12.1 Å². The Hall–Kier alpha value is -2.01. The van der Waals surface area contributed by atoms with Crippen molar-refractivity contribution in [3.63, 3.8) is 0 Å². The average Bonchev–Trinajstić information content (AvgIpc) is 2.80. The zero-order chi connectivity index (χ0) is 14.4. The van der Waals surface area contributed by atoms with Crippen LogP contribution in [-0.2, 0) is 6.54 Å². The van der Waals surface area contributed by atoms with Gasteiger partial charge in [0.25, 0.3) is 5.91 Å². The highest BCUT2D eigenvalue weighted by atomic mass is 79.9. The molecule has 0 spiro atoms. The number of rotatable bonds is 1. The molecule has 0 saturated carbocycles. The van der Waals surface area contributed by atoms with E-state index in [1.165, 1.54) is 0 Å². The summed E-state index contributed by atoms with van der Waals surface area (Å²) in [5.74, 6) is 0.0175. The molecule has 4 nitrogen and oxygen atoms in total. The maximum absolute atomic E-state index is 11.9. The van der Waals surface area contributed by atoms with Crippen molar-refractivity contribution < 1.29 is 9.90 Å². The lowest BCUT2D eigenvalue weighted by Gasteiger charge is -2.13. The van der Waals surface area contributed by atoms with Gasteiger partial charge in [0.05, 0.1) is 11.3 Å². The van der Waals surface area contributed by atoms with Crippen LogP contribution in [0.5, 0.6) is 5.75 Å². The highest BCUT2D eigenvalue weighted by Crippen LogP contribution is 2.39. The molecule has 0 bridgehead atoms. The second kappa shape index (κ2) is 4.52. The Kier molecular flexibility index (Phi) is 2.94. The van der Waals surface area contributed by atoms with E-state index in [0.29, 0.717) is 17.8 Å². The van der Waals surface area contributed by atoms with Crippen LogP contribution in [0.25, 0.3) is 11.1 Å². The van der Waals surface area contributed by atoms with Gasteiger partial charge in [-0.15, -0.1) is 0 Å². The summed E-state index contributed by atoms with van der Waals surface area (Å²) in [4.78, 5) is 11.9. The summed E-state index contributed by atoms with van der Waals surface area (Å²) >= 11 is 3.49. The number of nitrogens with two attached hydrogens (primary N) is 1. The lowest BCUT2D eigenvalue weighted by molar-refractivity contribution is 0.0966. The van der Waals surface area contributed by atoms with Crippen molar-refractivity contribution in [2.45, 2.75) is 13.5 Å². The van der Waals surface area contributed by atoms with Crippen LogP contribution in [-0.4, -0.2) is 11.0 Å². The van der Waals surface area contributed by atoms with Gasteiger partial charge in [-0.1, -0.05) is 22.0 Å². The van der Waals surface area contributed by atoms with Gasteiger partial charge in [0.2, 0.25) is 0 Å². The second-order valence-electron chi connectivity index (χ2n) is 4.86. The monoisotopic (exact) mass is 332 g/mol. The van der Waals surface area contributed by atoms with Gasteiger partial charge in [0.1, 0.15) is 5.75 Å². The van der Waals surface area contributed by atoms with Crippen LogP contribution in [0.15, 0.2) is 28.7 Å². The summed E-state index contributed by atoms with van der Waals surface area (Å²) in [6.07, 6.45) is 0. The first kappa shape index (κ1) is 13.0. The highest BCUT2D eigenvalue weighted by Gasteiger charge is 2.26. The molecule has 2 aromatic carbocycles. The summed E-state index contributed by atoms with van der Waals surface area (Å²) in [7, 11) is 0. The minimum absolute atomic E-state index is 0.155. The van der Waals surface area contributed by atoms with E-state index >= 15 is 0 Å². The van der Waals surface area contributed by atoms with E-state index in [0.717, 1.165) is 26.7 Å². The molecule has 0 radical (unpaired) electrons. The molecule has 2 aromatic rings. The number of nitrogen functional groups attached to an aromatic ring is 1. The van der Waals surface area contributed by atoms with Gasteiger partial charge in [-0.3, -0.25) is 4.79 Å². The van der Waals surface area contributed by atoms with Gasteiger partial charge in [0.15, 0.2) is 0 Å². The van der Waals surface area contributed by atoms with Crippen molar-refractivity contribution in [1.29, 1.82) is 0 Å². The minimum Gasteiger partial charge on any atom is -0.508 e. The van der Waals surface area contributed by atoms with Crippen LogP contribution < -0.4 is 11.1 Å². The summed E-state index contributed by atoms with van der Waals surface area (Å²) in [6, 6.07) is 7.01. The van der Waals surface area contributed by atoms with Gasteiger partial charge < -0.3 is 16.2 Å². The minimum atomic E-state index is -0.155. The number of phenolic OH excluding ortho intramolecular Hbond substituents is 1. The number of benzene rings is 2. The molecule has 0 unspecified atom stereocenters. The number of hydrogen-bond donors (Lipinski definition) is 3. The van der Waals surface area contributed by atoms with Crippen LogP contribution in [0.4, 0.5) is 5.69 Å². The largest absolute Gasteiger partial charge is 0.508 e. The molecule has 1 heterocycles. The zero-order valence-electron chi connectivity index (χ0n) is 10.8. The molecule has 3 rings (SSSR count). The Balaban J connectivity index is 2.31. The van der Waals surface area contributed by atoms with Crippen LogP contribution >= 0.6 is 15.9 Å². The number of nitrogens with one attached hydrogen (secondary N) is 1. The number of hydrogen-bond acceptors (Lipinski definition) is 3. The second-order valence-corrected chi connectivity index (χ2v) is 5.71. The van der Waals surface area contributed by atoms with Crippen molar-refractivity contribution in [3.8, 4) is 16.9 Å². The fraction of sp³-hybridized carbons (Fsp3) is 0.133. The Labute approximate surface area is 124 Å². The first-order valence-electron chi connectivity index (χ1n) is 6.18. The smallest absolute Gasteiger partial charge is 0.254 e. The van der Waals surface area contributed by atoms with E-state index in [4.69, 9.17) is 5.73 Å². The third-order valence-electron chi connectivity index (χ3n) is 3.58.